The lowest BCUT2D eigenvalue weighted by Crippen LogP contribution is -2.55. The Hall–Kier alpha value is -0.680. The van der Waals surface area contributed by atoms with Gasteiger partial charge in [-0.1, -0.05) is 13.8 Å². The summed E-state index contributed by atoms with van der Waals surface area (Å²) in [4.78, 5) is 6.62. The van der Waals surface area contributed by atoms with Crippen LogP contribution < -0.4 is 10.6 Å². The van der Waals surface area contributed by atoms with E-state index in [1.807, 2.05) is 0 Å². The lowest BCUT2D eigenvalue weighted by Gasteiger charge is -2.36. The number of aromatic nitrogens is 2. The summed E-state index contributed by atoms with van der Waals surface area (Å²) in [7, 11) is 0. The topological polar surface area (TPSA) is 55.0 Å². The summed E-state index contributed by atoms with van der Waals surface area (Å²) in [5.74, 6) is 1.36. The Bertz CT molecular complexity index is 290. The molecular formula is C8H14N4S. The Morgan fingerprint density at radius 3 is 2.69 bits per heavy atom. The van der Waals surface area contributed by atoms with Gasteiger partial charge in [-0.15, -0.1) is 0 Å². The highest BCUT2D eigenvalue weighted by Gasteiger charge is 2.26. The largest absolute Gasteiger partial charge is 0.344 e. The van der Waals surface area contributed by atoms with Crippen molar-refractivity contribution in [1.29, 1.82) is 0 Å². The van der Waals surface area contributed by atoms with Crippen LogP contribution in [-0.2, 0) is 0 Å². The number of rotatable bonds is 2. The summed E-state index contributed by atoms with van der Waals surface area (Å²) >= 11 is 1.47. The summed E-state index contributed by atoms with van der Waals surface area (Å²) in [6, 6.07) is 0.325. The SMILES string of the molecule is CC(C)c1nsc(N2CC(N)C2)n1. The van der Waals surface area contributed by atoms with E-state index in [0.717, 1.165) is 24.0 Å². The van der Waals surface area contributed by atoms with Crippen LogP contribution in [-0.4, -0.2) is 28.5 Å². The first-order chi connectivity index (χ1) is 6.16. The van der Waals surface area contributed by atoms with Gasteiger partial charge < -0.3 is 10.6 Å². The first kappa shape index (κ1) is 8.90. The molecule has 0 aliphatic carbocycles. The molecule has 1 aromatic rings. The Kier molecular flexibility index (Phi) is 2.21. The number of nitrogens with two attached hydrogens (primary N) is 1. The smallest absolute Gasteiger partial charge is 0.205 e. The van der Waals surface area contributed by atoms with E-state index in [1.54, 1.807) is 0 Å². The zero-order valence-electron chi connectivity index (χ0n) is 7.90. The van der Waals surface area contributed by atoms with Crippen LogP contribution in [0, 0.1) is 0 Å². The maximum atomic E-state index is 5.69. The summed E-state index contributed by atoms with van der Waals surface area (Å²) in [6.45, 7) is 6.06. The third-order valence-electron chi connectivity index (χ3n) is 2.13. The van der Waals surface area contributed by atoms with Gasteiger partial charge >= 0.3 is 0 Å². The lowest BCUT2D eigenvalue weighted by atomic mass is 10.1. The highest BCUT2D eigenvalue weighted by Crippen LogP contribution is 2.24. The van der Waals surface area contributed by atoms with Gasteiger partial charge in [0.1, 0.15) is 5.82 Å². The van der Waals surface area contributed by atoms with Crippen molar-refractivity contribution in [3.8, 4) is 0 Å². The van der Waals surface area contributed by atoms with Gasteiger partial charge in [0.2, 0.25) is 5.13 Å². The molecule has 5 heteroatoms. The van der Waals surface area contributed by atoms with Gasteiger partial charge in [-0.2, -0.15) is 4.37 Å². The van der Waals surface area contributed by atoms with Crippen molar-refractivity contribution in [1.82, 2.24) is 9.36 Å². The molecule has 0 saturated carbocycles. The van der Waals surface area contributed by atoms with Crippen molar-refractivity contribution < 1.29 is 0 Å². The van der Waals surface area contributed by atoms with Crippen LogP contribution in [0.3, 0.4) is 0 Å². The van der Waals surface area contributed by atoms with Gasteiger partial charge in [-0.3, -0.25) is 0 Å². The van der Waals surface area contributed by atoms with Gasteiger partial charge in [0.25, 0.3) is 0 Å². The Balaban J connectivity index is 2.06. The average molecular weight is 198 g/mol. The van der Waals surface area contributed by atoms with E-state index in [-0.39, 0.29) is 0 Å². The summed E-state index contributed by atoms with van der Waals surface area (Å²) in [6.07, 6.45) is 0. The second-order valence-electron chi connectivity index (χ2n) is 3.75. The molecule has 1 saturated heterocycles. The first-order valence-corrected chi connectivity index (χ1v) is 5.28. The normalized spacial score (nSPS) is 18.0. The fourth-order valence-electron chi connectivity index (χ4n) is 1.26. The minimum absolute atomic E-state index is 0.325. The molecule has 0 atom stereocenters. The molecule has 4 nitrogen and oxygen atoms in total. The van der Waals surface area contributed by atoms with Gasteiger partial charge in [0.05, 0.1) is 0 Å². The molecule has 0 bridgehead atoms. The molecule has 0 spiro atoms. The van der Waals surface area contributed by atoms with Crippen molar-refractivity contribution in [3.05, 3.63) is 5.82 Å². The molecule has 0 radical (unpaired) electrons. The van der Waals surface area contributed by atoms with Crippen LogP contribution >= 0.6 is 11.5 Å². The highest BCUT2D eigenvalue weighted by atomic mass is 32.1. The maximum absolute atomic E-state index is 5.69. The predicted octanol–water partition coefficient (Wildman–Crippen LogP) is 0.809. The Morgan fingerprint density at radius 1 is 1.54 bits per heavy atom. The fourth-order valence-corrected chi connectivity index (χ4v) is 2.08. The lowest BCUT2D eigenvalue weighted by molar-refractivity contribution is 0.518. The van der Waals surface area contributed by atoms with Crippen molar-refractivity contribution in [2.24, 2.45) is 5.73 Å². The molecule has 72 valence electrons. The summed E-state index contributed by atoms with van der Waals surface area (Å²) in [5, 5.41) is 1.02. The summed E-state index contributed by atoms with van der Waals surface area (Å²) < 4.78 is 4.29. The molecule has 0 aromatic carbocycles. The van der Waals surface area contributed by atoms with Crippen molar-refractivity contribution in [2.75, 3.05) is 18.0 Å². The highest BCUT2D eigenvalue weighted by molar-refractivity contribution is 7.09. The van der Waals surface area contributed by atoms with Crippen LogP contribution in [0.1, 0.15) is 25.6 Å². The van der Waals surface area contributed by atoms with E-state index in [2.05, 4.69) is 28.1 Å². The summed E-state index contributed by atoms with van der Waals surface area (Å²) in [5.41, 5.74) is 5.69. The second kappa shape index (κ2) is 3.23. The molecular weight excluding hydrogens is 184 g/mol. The molecule has 2 rings (SSSR count). The molecule has 0 unspecified atom stereocenters. The molecule has 1 aromatic heterocycles. The number of hydrogen-bond donors (Lipinski definition) is 1. The van der Waals surface area contributed by atoms with E-state index < -0.39 is 0 Å². The third kappa shape index (κ3) is 1.66. The molecule has 1 aliphatic rings. The number of anilines is 1. The van der Waals surface area contributed by atoms with Crippen molar-refractivity contribution >= 4 is 16.7 Å². The molecule has 2 N–H and O–H groups in total. The van der Waals surface area contributed by atoms with Crippen molar-refractivity contribution in [2.45, 2.75) is 25.8 Å². The van der Waals surface area contributed by atoms with Gasteiger partial charge in [0, 0.05) is 36.6 Å². The predicted molar refractivity (Wildman–Crippen MR) is 54.2 cm³/mol. The quantitative estimate of drug-likeness (QED) is 0.764. The Labute approximate surface area is 81.9 Å². The van der Waals surface area contributed by atoms with Crippen LogP contribution in [0.25, 0.3) is 0 Å². The van der Waals surface area contributed by atoms with Crippen molar-refractivity contribution in [3.63, 3.8) is 0 Å². The first-order valence-electron chi connectivity index (χ1n) is 4.51. The minimum Gasteiger partial charge on any atom is -0.344 e. The van der Waals surface area contributed by atoms with Gasteiger partial charge in [-0.25, -0.2) is 4.98 Å². The zero-order chi connectivity index (χ0) is 9.42. The number of nitrogens with zero attached hydrogens (tertiary/aromatic N) is 3. The Morgan fingerprint density at radius 2 is 2.23 bits per heavy atom. The maximum Gasteiger partial charge on any atom is 0.205 e. The minimum atomic E-state index is 0.325. The van der Waals surface area contributed by atoms with Gasteiger partial charge in [0.15, 0.2) is 0 Å². The standard InChI is InChI=1S/C8H14N4S/c1-5(2)7-10-8(13-11-7)12-3-6(9)4-12/h5-6H,3-4,9H2,1-2H3. The molecule has 13 heavy (non-hydrogen) atoms. The molecule has 1 aliphatic heterocycles. The molecule has 2 heterocycles. The monoisotopic (exact) mass is 198 g/mol. The third-order valence-corrected chi connectivity index (χ3v) is 2.92. The molecule has 1 fully saturated rings. The van der Waals surface area contributed by atoms with Crippen LogP contribution in [0.4, 0.5) is 5.13 Å². The second-order valence-corrected chi connectivity index (χ2v) is 4.49. The van der Waals surface area contributed by atoms with E-state index in [9.17, 15) is 0 Å². The van der Waals surface area contributed by atoms with Crippen LogP contribution in [0.15, 0.2) is 0 Å². The average Bonchev–Trinajstić information content (AvgIpc) is 2.46. The number of hydrogen-bond acceptors (Lipinski definition) is 5. The van der Waals surface area contributed by atoms with Gasteiger partial charge in [-0.05, 0) is 0 Å². The van der Waals surface area contributed by atoms with Crippen LogP contribution in [0.2, 0.25) is 0 Å². The van der Waals surface area contributed by atoms with E-state index in [0.29, 0.717) is 12.0 Å². The molecule has 0 amide bonds. The zero-order valence-corrected chi connectivity index (χ0v) is 8.71. The van der Waals surface area contributed by atoms with E-state index in [4.69, 9.17) is 5.73 Å². The van der Waals surface area contributed by atoms with E-state index >= 15 is 0 Å². The fraction of sp³-hybridized carbons (Fsp3) is 0.750. The van der Waals surface area contributed by atoms with E-state index in [1.165, 1.54) is 11.5 Å². The van der Waals surface area contributed by atoms with Crippen LogP contribution in [0.5, 0.6) is 0 Å².